The number of piperidine rings is 1. The van der Waals surface area contributed by atoms with E-state index in [0.717, 1.165) is 18.8 Å². The highest BCUT2D eigenvalue weighted by Crippen LogP contribution is 2.13. The molecule has 1 aliphatic rings. The number of ether oxygens (including phenoxy) is 1. The first kappa shape index (κ1) is 12.7. The Kier molecular flexibility index (Phi) is 4.40. The third-order valence-electron chi connectivity index (χ3n) is 3.20. The minimum Gasteiger partial charge on any atom is -0.497 e. The van der Waals surface area contributed by atoms with Crippen LogP contribution in [0.1, 0.15) is 29.6 Å². The van der Waals surface area contributed by atoms with Gasteiger partial charge >= 0.3 is 0 Å². The van der Waals surface area contributed by atoms with Gasteiger partial charge in [-0.25, -0.2) is 0 Å². The Morgan fingerprint density at radius 3 is 2.44 bits per heavy atom. The molecule has 0 atom stereocenters. The Bertz CT molecular complexity index is 417. The molecule has 1 aromatic carbocycles. The van der Waals surface area contributed by atoms with Gasteiger partial charge in [0, 0.05) is 30.9 Å². The summed E-state index contributed by atoms with van der Waals surface area (Å²) >= 11 is 0. The van der Waals surface area contributed by atoms with Crippen LogP contribution in [-0.4, -0.2) is 30.9 Å². The van der Waals surface area contributed by atoms with E-state index in [0.29, 0.717) is 5.56 Å². The highest BCUT2D eigenvalue weighted by Gasteiger charge is 2.07. The number of nitrogens with zero attached hydrogens (tertiary/aromatic N) is 1. The molecular formula is C15H19NO2. The van der Waals surface area contributed by atoms with Gasteiger partial charge in [-0.15, -0.1) is 0 Å². The molecule has 1 saturated heterocycles. The standard InChI is InChI=1S/C15H19NO2/c1-18-14-7-5-13(6-8-14)15(17)9-12-16-10-3-2-4-11-16/h5-9,12H,2-4,10-11H2,1H3. The van der Waals surface area contributed by atoms with Crippen molar-refractivity contribution in [3.8, 4) is 5.75 Å². The van der Waals surface area contributed by atoms with E-state index in [2.05, 4.69) is 4.90 Å². The van der Waals surface area contributed by atoms with Gasteiger partial charge in [0.2, 0.25) is 0 Å². The van der Waals surface area contributed by atoms with Crippen molar-refractivity contribution in [2.75, 3.05) is 20.2 Å². The largest absolute Gasteiger partial charge is 0.497 e. The molecule has 18 heavy (non-hydrogen) atoms. The maximum Gasteiger partial charge on any atom is 0.187 e. The topological polar surface area (TPSA) is 29.5 Å². The van der Waals surface area contributed by atoms with E-state index in [1.807, 2.05) is 18.3 Å². The third-order valence-corrected chi connectivity index (χ3v) is 3.20. The lowest BCUT2D eigenvalue weighted by atomic mass is 10.1. The van der Waals surface area contributed by atoms with E-state index >= 15 is 0 Å². The SMILES string of the molecule is COc1ccc(C(=O)C=CN2CCCCC2)cc1. The van der Waals surface area contributed by atoms with Crippen LogP contribution in [0.15, 0.2) is 36.5 Å². The quantitative estimate of drug-likeness (QED) is 0.603. The van der Waals surface area contributed by atoms with Gasteiger partial charge in [0.25, 0.3) is 0 Å². The summed E-state index contributed by atoms with van der Waals surface area (Å²) in [5.74, 6) is 0.815. The van der Waals surface area contributed by atoms with E-state index in [-0.39, 0.29) is 5.78 Å². The van der Waals surface area contributed by atoms with Gasteiger partial charge < -0.3 is 9.64 Å². The summed E-state index contributed by atoms with van der Waals surface area (Å²) in [6, 6.07) is 7.20. The maximum atomic E-state index is 11.9. The lowest BCUT2D eigenvalue weighted by Crippen LogP contribution is -2.24. The summed E-state index contributed by atoms with van der Waals surface area (Å²) in [7, 11) is 1.62. The van der Waals surface area contributed by atoms with E-state index < -0.39 is 0 Å². The van der Waals surface area contributed by atoms with Gasteiger partial charge in [0.05, 0.1) is 7.11 Å². The van der Waals surface area contributed by atoms with Crippen LogP contribution in [-0.2, 0) is 0 Å². The van der Waals surface area contributed by atoms with Crippen LogP contribution in [0.3, 0.4) is 0 Å². The van der Waals surface area contributed by atoms with Crippen LogP contribution < -0.4 is 4.74 Å². The van der Waals surface area contributed by atoms with E-state index in [4.69, 9.17) is 4.74 Å². The summed E-state index contributed by atoms with van der Waals surface area (Å²) < 4.78 is 5.07. The molecule has 3 heteroatoms. The van der Waals surface area contributed by atoms with Crippen LogP contribution in [0, 0.1) is 0 Å². The molecule has 3 nitrogen and oxygen atoms in total. The van der Waals surface area contributed by atoms with Crippen LogP contribution in [0.4, 0.5) is 0 Å². The second-order valence-corrected chi connectivity index (χ2v) is 4.51. The smallest absolute Gasteiger partial charge is 0.187 e. The van der Waals surface area contributed by atoms with Crippen molar-refractivity contribution in [1.29, 1.82) is 0 Å². The Balaban J connectivity index is 1.95. The van der Waals surface area contributed by atoms with Gasteiger partial charge in [0.15, 0.2) is 5.78 Å². The lowest BCUT2D eigenvalue weighted by molar-refractivity contribution is 0.104. The highest BCUT2D eigenvalue weighted by atomic mass is 16.5. The third kappa shape index (κ3) is 3.36. The van der Waals surface area contributed by atoms with Crippen molar-refractivity contribution in [1.82, 2.24) is 4.90 Å². The fourth-order valence-electron chi connectivity index (χ4n) is 2.09. The number of allylic oxidation sites excluding steroid dienone is 1. The Labute approximate surface area is 108 Å². The molecular weight excluding hydrogens is 226 g/mol. The molecule has 0 unspecified atom stereocenters. The number of hydrogen-bond acceptors (Lipinski definition) is 3. The van der Waals surface area contributed by atoms with Crippen LogP contribution in [0.2, 0.25) is 0 Å². The van der Waals surface area contributed by atoms with Crippen molar-refractivity contribution in [2.45, 2.75) is 19.3 Å². The molecule has 1 fully saturated rings. The molecule has 1 heterocycles. The zero-order valence-corrected chi connectivity index (χ0v) is 10.8. The summed E-state index contributed by atoms with van der Waals surface area (Å²) in [6.07, 6.45) is 7.33. The summed E-state index contributed by atoms with van der Waals surface area (Å²) in [4.78, 5) is 14.1. The fourth-order valence-corrected chi connectivity index (χ4v) is 2.09. The predicted molar refractivity (Wildman–Crippen MR) is 71.9 cm³/mol. The molecule has 0 N–H and O–H groups in total. The molecule has 2 rings (SSSR count). The van der Waals surface area contributed by atoms with Gasteiger partial charge in [-0.2, -0.15) is 0 Å². The number of rotatable bonds is 4. The molecule has 1 aromatic rings. The number of ketones is 1. The van der Waals surface area contributed by atoms with Crippen LogP contribution >= 0.6 is 0 Å². The molecule has 0 spiro atoms. The highest BCUT2D eigenvalue weighted by molar-refractivity contribution is 6.04. The second-order valence-electron chi connectivity index (χ2n) is 4.51. The summed E-state index contributed by atoms with van der Waals surface area (Å²) in [5.41, 5.74) is 0.698. The molecule has 96 valence electrons. The average molecular weight is 245 g/mol. The maximum absolute atomic E-state index is 11.9. The zero-order chi connectivity index (χ0) is 12.8. The minimum atomic E-state index is 0.0447. The molecule has 0 aromatic heterocycles. The number of carbonyl (C=O) groups is 1. The number of carbonyl (C=O) groups excluding carboxylic acids is 1. The molecule has 0 radical (unpaired) electrons. The molecule has 0 aliphatic carbocycles. The van der Waals surface area contributed by atoms with Crippen LogP contribution in [0.25, 0.3) is 0 Å². The average Bonchev–Trinajstić information content (AvgIpc) is 2.46. The molecule has 0 amide bonds. The van der Waals surface area contributed by atoms with Crippen molar-refractivity contribution >= 4 is 5.78 Å². The molecule has 1 aliphatic heterocycles. The second kappa shape index (κ2) is 6.24. The molecule has 0 bridgehead atoms. The Hall–Kier alpha value is -1.77. The number of hydrogen-bond donors (Lipinski definition) is 0. The van der Waals surface area contributed by atoms with Crippen LogP contribution in [0.5, 0.6) is 5.75 Å². The lowest BCUT2D eigenvalue weighted by Gasteiger charge is -2.24. The normalized spacial score (nSPS) is 15.9. The van der Waals surface area contributed by atoms with Crippen molar-refractivity contribution in [3.63, 3.8) is 0 Å². The Morgan fingerprint density at radius 2 is 1.83 bits per heavy atom. The van der Waals surface area contributed by atoms with E-state index in [1.54, 1.807) is 25.3 Å². The first-order valence-electron chi connectivity index (χ1n) is 6.40. The monoisotopic (exact) mass is 245 g/mol. The molecule has 0 saturated carbocycles. The Morgan fingerprint density at radius 1 is 1.17 bits per heavy atom. The van der Waals surface area contributed by atoms with Gasteiger partial charge in [-0.1, -0.05) is 0 Å². The summed E-state index contributed by atoms with van der Waals surface area (Å²) in [6.45, 7) is 2.12. The number of methoxy groups -OCH3 is 1. The first-order valence-corrected chi connectivity index (χ1v) is 6.40. The van der Waals surface area contributed by atoms with E-state index in [9.17, 15) is 4.79 Å². The van der Waals surface area contributed by atoms with Crippen molar-refractivity contribution in [2.24, 2.45) is 0 Å². The van der Waals surface area contributed by atoms with Gasteiger partial charge in [-0.05, 0) is 43.5 Å². The van der Waals surface area contributed by atoms with Gasteiger partial charge in [0.1, 0.15) is 5.75 Å². The summed E-state index contributed by atoms with van der Waals surface area (Å²) in [5, 5.41) is 0. The van der Waals surface area contributed by atoms with E-state index in [1.165, 1.54) is 19.3 Å². The first-order chi connectivity index (χ1) is 8.79. The van der Waals surface area contributed by atoms with Crippen molar-refractivity contribution in [3.05, 3.63) is 42.1 Å². The fraction of sp³-hybridized carbons (Fsp3) is 0.400. The zero-order valence-electron chi connectivity index (χ0n) is 10.8. The number of benzene rings is 1. The van der Waals surface area contributed by atoms with Gasteiger partial charge in [-0.3, -0.25) is 4.79 Å². The predicted octanol–water partition coefficient (Wildman–Crippen LogP) is 2.88. The number of likely N-dealkylation sites (tertiary alicyclic amines) is 1. The minimum absolute atomic E-state index is 0.0447. The van der Waals surface area contributed by atoms with Crippen molar-refractivity contribution < 1.29 is 9.53 Å².